The third kappa shape index (κ3) is 11.8. The lowest BCUT2D eigenvalue weighted by Crippen LogP contribution is -2.67. The Morgan fingerprint density at radius 3 is 2.25 bits per heavy atom. The minimum atomic E-state index is -3.83. The lowest BCUT2D eigenvalue weighted by molar-refractivity contribution is -0.339. The number of hydrogen-bond donors (Lipinski definition) is 4. The largest absolute Gasteiger partial charge is 0.497 e. The van der Waals surface area contributed by atoms with Crippen molar-refractivity contribution in [2.24, 2.45) is 5.50 Å². The third-order valence-electron chi connectivity index (χ3n) is 8.02. The van der Waals surface area contributed by atoms with E-state index in [4.69, 9.17) is 38.9 Å². The summed E-state index contributed by atoms with van der Waals surface area (Å²) in [6.07, 6.45) is -3.73. The summed E-state index contributed by atoms with van der Waals surface area (Å²) >= 11 is 0. The number of nitrogens with two attached hydrogens (primary N) is 1. The van der Waals surface area contributed by atoms with Crippen molar-refractivity contribution in [2.45, 2.75) is 83.2 Å². The molecule has 2 heterocycles. The molecular formula is C36H48N3O12P. The van der Waals surface area contributed by atoms with Crippen molar-refractivity contribution in [2.75, 3.05) is 25.4 Å². The maximum atomic E-state index is 13.9. The second-order valence-corrected chi connectivity index (χ2v) is 13.3. The fourth-order valence-electron chi connectivity index (χ4n) is 5.67. The number of nitrogens with zero attached hydrogens (tertiary/aromatic N) is 1. The van der Waals surface area contributed by atoms with Gasteiger partial charge in [0.1, 0.15) is 24.0 Å². The highest BCUT2D eigenvalue weighted by molar-refractivity contribution is 7.50. The number of carbonyl (C=O) groups is 2. The van der Waals surface area contributed by atoms with Gasteiger partial charge in [-0.1, -0.05) is 74.0 Å². The smallest absolute Gasteiger partial charge is 0.400 e. The number of hydrogen-bond acceptors (Lipinski definition) is 12. The summed E-state index contributed by atoms with van der Waals surface area (Å²) in [6.45, 7) is 5.57. The molecule has 0 bridgehead atoms. The fraction of sp³-hybridized carbons (Fsp3) is 0.444. The van der Waals surface area contributed by atoms with E-state index in [1.165, 1.54) is 12.0 Å². The SMILES string of the molecule is CCC[C@@H](C(=O)O[C@H]1[C@@H]2OC(c3ccccc3)OC[C@H]2OC(O)[C@@H]1NC(C)=O)N(OCC)c1ccc(OC)cc1.NP(=O)(O)OCc1ccccc1. The Kier molecular flexibility index (Phi) is 15.6. The molecule has 3 unspecified atom stereocenters. The molecule has 2 fully saturated rings. The second kappa shape index (κ2) is 19.8. The van der Waals surface area contributed by atoms with E-state index in [-0.39, 0.29) is 13.2 Å². The van der Waals surface area contributed by atoms with Gasteiger partial charge in [0.2, 0.25) is 5.91 Å². The lowest BCUT2D eigenvalue weighted by Gasteiger charge is -2.48. The number of rotatable bonds is 14. The van der Waals surface area contributed by atoms with Crippen molar-refractivity contribution in [3.05, 3.63) is 96.1 Å². The summed E-state index contributed by atoms with van der Waals surface area (Å²) in [5.74, 6) is -0.344. The summed E-state index contributed by atoms with van der Waals surface area (Å²) in [5, 5.41) is 15.0. The van der Waals surface area contributed by atoms with Gasteiger partial charge < -0.3 is 39.0 Å². The Bertz CT molecular complexity index is 1580. The molecule has 5 rings (SSSR count). The third-order valence-corrected chi connectivity index (χ3v) is 8.52. The van der Waals surface area contributed by atoms with E-state index < -0.39 is 62.6 Å². The topological polar surface area (TPSA) is 198 Å². The van der Waals surface area contributed by atoms with Crippen LogP contribution in [0, 0.1) is 0 Å². The van der Waals surface area contributed by atoms with Crippen LogP contribution < -0.4 is 20.6 Å². The summed E-state index contributed by atoms with van der Waals surface area (Å²) < 4.78 is 44.2. The first-order valence-electron chi connectivity index (χ1n) is 16.9. The number of amides is 1. The van der Waals surface area contributed by atoms with E-state index in [0.717, 1.165) is 11.1 Å². The van der Waals surface area contributed by atoms with E-state index in [2.05, 4.69) is 9.84 Å². The van der Waals surface area contributed by atoms with Crippen molar-refractivity contribution in [3.63, 3.8) is 0 Å². The van der Waals surface area contributed by atoms with Gasteiger partial charge in [0.15, 0.2) is 24.7 Å². The second-order valence-electron chi connectivity index (χ2n) is 11.9. The van der Waals surface area contributed by atoms with Crippen molar-refractivity contribution >= 4 is 25.3 Å². The van der Waals surface area contributed by atoms with Crippen LogP contribution in [-0.4, -0.2) is 78.9 Å². The van der Waals surface area contributed by atoms with Crippen molar-refractivity contribution in [3.8, 4) is 5.75 Å². The van der Waals surface area contributed by atoms with Crippen LogP contribution in [0.5, 0.6) is 5.75 Å². The molecular weight excluding hydrogens is 697 g/mol. The van der Waals surface area contributed by atoms with Crippen LogP contribution >= 0.6 is 7.75 Å². The van der Waals surface area contributed by atoms with E-state index in [1.807, 2.05) is 62.4 Å². The quantitative estimate of drug-likeness (QED) is 0.104. The van der Waals surface area contributed by atoms with Gasteiger partial charge in [0.25, 0.3) is 0 Å². The monoisotopic (exact) mass is 745 g/mol. The molecule has 15 nitrogen and oxygen atoms in total. The number of ether oxygens (including phenoxy) is 5. The van der Waals surface area contributed by atoms with Gasteiger partial charge in [-0.15, -0.1) is 0 Å². The normalized spacial score (nSPS) is 24.1. The molecule has 3 aromatic carbocycles. The van der Waals surface area contributed by atoms with Crippen LogP contribution in [0.15, 0.2) is 84.9 Å². The molecule has 284 valence electrons. The number of carbonyl (C=O) groups excluding carboxylic acids is 2. The van der Waals surface area contributed by atoms with Crippen LogP contribution in [-0.2, 0) is 49.1 Å². The molecule has 0 aliphatic carbocycles. The maximum Gasteiger partial charge on any atom is 0.400 e. The lowest BCUT2D eigenvalue weighted by atomic mass is 9.95. The summed E-state index contributed by atoms with van der Waals surface area (Å²) in [5.41, 5.74) is 7.01. The van der Waals surface area contributed by atoms with E-state index in [0.29, 0.717) is 30.9 Å². The molecule has 2 aliphatic rings. The first-order valence-corrected chi connectivity index (χ1v) is 18.6. The zero-order valence-corrected chi connectivity index (χ0v) is 30.5. The average molecular weight is 746 g/mol. The molecule has 8 atom stereocenters. The van der Waals surface area contributed by atoms with Crippen LogP contribution in [0.3, 0.4) is 0 Å². The highest BCUT2D eigenvalue weighted by Crippen LogP contribution is 2.36. The zero-order valence-electron chi connectivity index (χ0n) is 29.6. The number of hydroxylamine groups is 1. The van der Waals surface area contributed by atoms with E-state index >= 15 is 0 Å². The molecule has 2 saturated heterocycles. The predicted octanol–water partition coefficient (Wildman–Crippen LogP) is 4.13. The molecule has 3 aromatic rings. The number of benzene rings is 3. The molecule has 0 spiro atoms. The van der Waals surface area contributed by atoms with Crippen LogP contribution in [0.2, 0.25) is 0 Å². The molecule has 1 amide bonds. The molecule has 16 heteroatoms. The Labute approximate surface area is 303 Å². The minimum Gasteiger partial charge on any atom is -0.497 e. The molecule has 0 saturated carbocycles. The van der Waals surface area contributed by atoms with Crippen LogP contribution in [0.1, 0.15) is 51.0 Å². The predicted molar refractivity (Wildman–Crippen MR) is 189 cm³/mol. The number of methoxy groups -OCH3 is 1. The first kappa shape index (κ1) is 40.9. The van der Waals surface area contributed by atoms with Gasteiger partial charge in [0, 0.05) is 12.5 Å². The van der Waals surface area contributed by atoms with Gasteiger partial charge in [-0.3, -0.25) is 14.2 Å². The number of nitrogens with one attached hydrogen (secondary N) is 1. The summed E-state index contributed by atoms with van der Waals surface area (Å²) in [6, 6.07) is 23.7. The molecule has 0 aromatic heterocycles. The number of fused-ring (bicyclic) bond motifs is 1. The summed E-state index contributed by atoms with van der Waals surface area (Å²) in [7, 11) is -2.25. The minimum absolute atomic E-state index is 0.0606. The van der Waals surface area contributed by atoms with Gasteiger partial charge in [-0.2, -0.15) is 0 Å². The van der Waals surface area contributed by atoms with Gasteiger partial charge in [0.05, 0.1) is 32.6 Å². The Morgan fingerprint density at radius 1 is 1.02 bits per heavy atom. The Balaban J connectivity index is 0.000000427. The number of anilines is 1. The van der Waals surface area contributed by atoms with E-state index in [9.17, 15) is 19.3 Å². The molecule has 0 radical (unpaired) electrons. The van der Waals surface area contributed by atoms with Crippen LogP contribution in [0.25, 0.3) is 0 Å². The average Bonchev–Trinajstić information content (AvgIpc) is 3.14. The number of aliphatic hydroxyl groups is 1. The zero-order chi connectivity index (χ0) is 37.7. The van der Waals surface area contributed by atoms with Crippen molar-refractivity contribution < 1.29 is 57.2 Å². The standard InChI is InChI=1S/C29H38N2O9.C7H10NO3P/c1-5-10-22(31(37-6-2)20-13-15-21(35-4)16-14-20)27(33)39-26-24(30-18(3)32)28(34)38-23-17-36-29(40-25(23)26)19-11-8-7-9-12-19;8-12(9,10)11-6-7-4-2-1-3-5-7/h7-9,11-16,22-26,28-29,34H,5-6,10,17H2,1-4H3,(H,30,32);1-5H,6H2,(H3,8,9,10)/t22-,23+,24+,25+,26+,28?,29?;/m0./s1. The summed E-state index contributed by atoms with van der Waals surface area (Å²) in [4.78, 5) is 40.5. The van der Waals surface area contributed by atoms with Gasteiger partial charge >= 0.3 is 13.7 Å². The van der Waals surface area contributed by atoms with E-state index in [1.54, 1.807) is 43.5 Å². The maximum absolute atomic E-state index is 13.9. The first-order chi connectivity index (χ1) is 24.9. The molecule has 5 N–H and O–H groups in total. The number of aliphatic hydroxyl groups excluding tert-OH is 1. The van der Waals surface area contributed by atoms with Gasteiger partial charge in [-0.25, -0.2) is 19.9 Å². The fourth-order valence-corrected chi connectivity index (χ4v) is 6.00. The van der Waals surface area contributed by atoms with Gasteiger partial charge in [-0.05, 0) is 43.2 Å². The Hall–Kier alpha value is -3.89. The molecule has 52 heavy (non-hydrogen) atoms. The number of esters is 1. The highest BCUT2D eigenvalue weighted by atomic mass is 31.2. The Morgan fingerprint density at radius 2 is 1.67 bits per heavy atom. The highest BCUT2D eigenvalue weighted by Gasteiger charge is 2.52. The van der Waals surface area contributed by atoms with Crippen LogP contribution in [0.4, 0.5) is 5.69 Å². The van der Waals surface area contributed by atoms with Crippen molar-refractivity contribution in [1.82, 2.24) is 5.32 Å². The molecule has 2 aliphatic heterocycles. The van der Waals surface area contributed by atoms with Crippen molar-refractivity contribution in [1.29, 1.82) is 0 Å².